The molecule has 0 saturated carbocycles. The van der Waals surface area contributed by atoms with Crippen molar-refractivity contribution < 1.29 is 24.5 Å². The van der Waals surface area contributed by atoms with Crippen LogP contribution >= 0.6 is 0 Å². The van der Waals surface area contributed by atoms with Gasteiger partial charge in [-0.05, 0) is 57.8 Å². The summed E-state index contributed by atoms with van der Waals surface area (Å²) >= 11 is 0. The van der Waals surface area contributed by atoms with E-state index in [1.807, 2.05) is 0 Å². The first-order chi connectivity index (χ1) is 39.0. The Morgan fingerprint density at radius 2 is 0.633 bits per heavy atom. The highest BCUT2D eigenvalue weighted by Crippen LogP contribution is 2.19. The van der Waals surface area contributed by atoms with Crippen LogP contribution in [-0.2, 0) is 14.3 Å². The van der Waals surface area contributed by atoms with Crippen LogP contribution in [0, 0.1) is 0 Å². The number of carbonyl (C=O) groups is 2. The fourth-order valence-electron chi connectivity index (χ4n) is 11.5. The normalized spacial score (nSPS) is 12.6. The molecule has 0 aromatic rings. The number of aliphatic hydroxyl groups excluding tert-OH is 2. The van der Waals surface area contributed by atoms with Gasteiger partial charge in [0.1, 0.15) is 0 Å². The summed E-state index contributed by atoms with van der Waals surface area (Å²) in [6.07, 6.45) is 86.7. The topological polar surface area (TPSA) is 95.9 Å². The summed E-state index contributed by atoms with van der Waals surface area (Å²) in [5.41, 5.74) is 0. The first kappa shape index (κ1) is 77.3. The van der Waals surface area contributed by atoms with E-state index in [0.29, 0.717) is 25.9 Å². The molecule has 468 valence electrons. The smallest absolute Gasteiger partial charge is 0.305 e. The molecule has 0 aromatic heterocycles. The van der Waals surface area contributed by atoms with E-state index < -0.39 is 12.1 Å². The van der Waals surface area contributed by atoms with Crippen LogP contribution in [0.4, 0.5) is 0 Å². The standard InChI is InChI=1S/C73H141NO5/c1-3-5-7-9-11-13-15-17-18-19-32-36-39-43-47-51-55-59-63-67-73(78)79-68-64-60-56-52-48-44-40-37-34-31-29-27-25-23-21-20-22-24-26-28-30-33-35-38-42-46-50-54-58-62-66-72(77)74-70(69-75)71(76)65-61-57-53-49-45-41-16-14-12-10-8-6-4-2/h11,13,17-18,70-71,75-76H,3-10,12,14-16,19-69H2,1-2H3,(H,74,77)/b13-11-,18-17-. The lowest BCUT2D eigenvalue weighted by Gasteiger charge is -2.22. The molecule has 6 heteroatoms. The maximum atomic E-state index is 12.5. The van der Waals surface area contributed by atoms with Crippen molar-refractivity contribution in [2.75, 3.05) is 13.2 Å². The van der Waals surface area contributed by atoms with Crippen LogP contribution in [0.15, 0.2) is 24.3 Å². The fraction of sp³-hybridized carbons (Fsp3) is 0.918. The Morgan fingerprint density at radius 3 is 0.987 bits per heavy atom. The van der Waals surface area contributed by atoms with Crippen molar-refractivity contribution in [1.29, 1.82) is 0 Å². The van der Waals surface area contributed by atoms with Crippen LogP contribution in [0.25, 0.3) is 0 Å². The lowest BCUT2D eigenvalue weighted by molar-refractivity contribution is -0.143. The molecule has 1 amide bonds. The van der Waals surface area contributed by atoms with E-state index in [-0.39, 0.29) is 18.5 Å². The minimum Gasteiger partial charge on any atom is -0.466 e. The Kier molecular flexibility index (Phi) is 67.4. The second-order valence-electron chi connectivity index (χ2n) is 24.9. The third-order valence-electron chi connectivity index (χ3n) is 17.0. The minimum atomic E-state index is -0.660. The Morgan fingerprint density at radius 1 is 0.354 bits per heavy atom. The van der Waals surface area contributed by atoms with Gasteiger partial charge in [-0.15, -0.1) is 0 Å². The van der Waals surface area contributed by atoms with E-state index in [1.54, 1.807) is 0 Å². The number of aliphatic hydroxyl groups is 2. The summed E-state index contributed by atoms with van der Waals surface area (Å²) in [5, 5.41) is 23.3. The van der Waals surface area contributed by atoms with Crippen LogP contribution in [-0.4, -0.2) is 47.4 Å². The number of nitrogens with one attached hydrogen (secondary N) is 1. The molecule has 0 rings (SSSR count). The number of hydrogen-bond donors (Lipinski definition) is 3. The molecule has 0 aromatic carbocycles. The predicted octanol–water partition coefficient (Wildman–Crippen LogP) is 23.3. The van der Waals surface area contributed by atoms with Crippen molar-refractivity contribution in [2.45, 2.75) is 418 Å². The highest BCUT2D eigenvalue weighted by atomic mass is 16.5. The number of unbranched alkanes of at least 4 members (excludes halogenated alkanes) is 53. The first-order valence-corrected chi connectivity index (χ1v) is 36.1. The van der Waals surface area contributed by atoms with Gasteiger partial charge in [0.05, 0.1) is 25.4 Å². The zero-order valence-electron chi connectivity index (χ0n) is 53.6. The van der Waals surface area contributed by atoms with E-state index in [9.17, 15) is 19.8 Å². The molecule has 6 nitrogen and oxygen atoms in total. The molecule has 0 radical (unpaired) electrons. The summed E-state index contributed by atoms with van der Waals surface area (Å²) in [5.74, 6) is -0.0118. The quantitative estimate of drug-likeness (QED) is 0.0320. The van der Waals surface area contributed by atoms with Crippen molar-refractivity contribution in [3.63, 3.8) is 0 Å². The minimum absolute atomic E-state index is 0.0170. The van der Waals surface area contributed by atoms with E-state index in [2.05, 4.69) is 43.5 Å². The summed E-state index contributed by atoms with van der Waals surface area (Å²) < 4.78 is 5.51. The maximum Gasteiger partial charge on any atom is 0.305 e. The summed E-state index contributed by atoms with van der Waals surface area (Å²) in [6.45, 7) is 4.96. The van der Waals surface area contributed by atoms with Crippen molar-refractivity contribution in [3.05, 3.63) is 24.3 Å². The van der Waals surface area contributed by atoms with Crippen molar-refractivity contribution in [1.82, 2.24) is 5.32 Å². The zero-order valence-corrected chi connectivity index (χ0v) is 53.6. The predicted molar refractivity (Wildman–Crippen MR) is 347 cm³/mol. The molecule has 0 saturated heterocycles. The van der Waals surface area contributed by atoms with Crippen molar-refractivity contribution >= 4 is 11.9 Å². The van der Waals surface area contributed by atoms with Gasteiger partial charge in [0.2, 0.25) is 5.91 Å². The van der Waals surface area contributed by atoms with Crippen LogP contribution < -0.4 is 5.32 Å². The Labute approximate surface area is 494 Å². The van der Waals surface area contributed by atoms with E-state index in [1.165, 1.54) is 321 Å². The van der Waals surface area contributed by atoms with Gasteiger partial charge in [-0.2, -0.15) is 0 Å². The van der Waals surface area contributed by atoms with E-state index in [0.717, 1.165) is 51.4 Å². The van der Waals surface area contributed by atoms with Crippen LogP contribution in [0.3, 0.4) is 0 Å². The number of allylic oxidation sites excluding steroid dienone is 4. The largest absolute Gasteiger partial charge is 0.466 e. The van der Waals surface area contributed by atoms with Gasteiger partial charge >= 0.3 is 5.97 Å². The maximum absolute atomic E-state index is 12.5. The molecule has 79 heavy (non-hydrogen) atoms. The van der Waals surface area contributed by atoms with E-state index in [4.69, 9.17) is 4.74 Å². The highest BCUT2D eigenvalue weighted by Gasteiger charge is 2.20. The average molecular weight is 1110 g/mol. The van der Waals surface area contributed by atoms with Gasteiger partial charge in [-0.3, -0.25) is 9.59 Å². The number of ether oxygens (including phenoxy) is 1. The van der Waals surface area contributed by atoms with Gasteiger partial charge in [0.15, 0.2) is 0 Å². The monoisotopic (exact) mass is 1110 g/mol. The lowest BCUT2D eigenvalue weighted by Crippen LogP contribution is -2.45. The molecule has 0 bridgehead atoms. The summed E-state index contributed by atoms with van der Waals surface area (Å²) in [4.78, 5) is 24.6. The number of hydrogen-bond acceptors (Lipinski definition) is 5. The highest BCUT2D eigenvalue weighted by molar-refractivity contribution is 5.76. The number of amides is 1. The SMILES string of the molecule is CCCCC/C=C\C/C=C\CCCCCCCCCCCC(=O)OCCCCCCCCCCCCCCCCCCCCCCCCCCCCCCCCC(=O)NC(CO)C(O)CCCCCCCCCCCCCCC. The molecule has 0 aliphatic rings. The molecule has 3 N–H and O–H groups in total. The van der Waals surface area contributed by atoms with Gasteiger partial charge in [-0.25, -0.2) is 0 Å². The van der Waals surface area contributed by atoms with Crippen molar-refractivity contribution in [2.24, 2.45) is 0 Å². The third kappa shape index (κ3) is 65.4. The summed E-state index contributed by atoms with van der Waals surface area (Å²) in [6, 6.07) is -0.537. The zero-order chi connectivity index (χ0) is 57.1. The molecule has 0 aliphatic carbocycles. The Hall–Kier alpha value is -1.66. The molecular formula is C73H141NO5. The first-order valence-electron chi connectivity index (χ1n) is 36.1. The molecule has 0 fully saturated rings. The van der Waals surface area contributed by atoms with Crippen molar-refractivity contribution in [3.8, 4) is 0 Å². The molecule has 0 aliphatic heterocycles. The number of carbonyl (C=O) groups excluding carboxylic acids is 2. The Balaban J connectivity index is 3.31. The van der Waals surface area contributed by atoms with Gasteiger partial charge in [0, 0.05) is 12.8 Å². The van der Waals surface area contributed by atoms with Gasteiger partial charge in [-0.1, -0.05) is 359 Å². The lowest BCUT2D eigenvalue weighted by atomic mass is 10.0. The van der Waals surface area contributed by atoms with Crippen LogP contribution in [0.2, 0.25) is 0 Å². The van der Waals surface area contributed by atoms with E-state index >= 15 is 0 Å². The van der Waals surface area contributed by atoms with Gasteiger partial charge in [0.25, 0.3) is 0 Å². The van der Waals surface area contributed by atoms with Crippen LogP contribution in [0.1, 0.15) is 406 Å². The second kappa shape index (κ2) is 68.8. The van der Waals surface area contributed by atoms with Crippen LogP contribution in [0.5, 0.6) is 0 Å². The second-order valence-corrected chi connectivity index (χ2v) is 24.9. The molecule has 2 unspecified atom stereocenters. The average Bonchev–Trinajstić information content (AvgIpc) is 3.45. The molecule has 0 spiro atoms. The molecular weight excluding hydrogens is 971 g/mol. The fourth-order valence-corrected chi connectivity index (χ4v) is 11.5. The van der Waals surface area contributed by atoms with Gasteiger partial charge < -0.3 is 20.3 Å². The summed E-state index contributed by atoms with van der Waals surface area (Å²) in [7, 11) is 0. The number of esters is 1. The third-order valence-corrected chi connectivity index (χ3v) is 17.0. The molecule has 2 atom stereocenters. The number of rotatable bonds is 68. The molecule has 0 heterocycles. The Bertz CT molecular complexity index is 1230.